The quantitative estimate of drug-likeness (QED) is 0.890. The van der Waals surface area contributed by atoms with E-state index >= 15 is 0 Å². The number of nitrogens with zero attached hydrogens (tertiary/aromatic N) is 1. The first kappa shape index (κ1) is 17.4. The standard InChI is InChI=1S/C17H15ClN2O4S/c1-11-10-25(23,24)20(17(11)22)15-4-2-3-12(9-15)16(21)19-14-7-5-13(18)6-8-14/h2-9,11H,10H2,1H3,(H,19,21). The molecule has 25 heavy (non-hydrogen) atoms. The van der Waals surface area contributed by atoms with Crippen LogP contribution in [0, 0.1) is 5.92 Å². The van der Waals surface area contributed by atoms with Crippen LogP contribution in [-0.2, 0) is 14.8 Å². The first-order valence-corrected chi connectivity index (χ1v) is 9.50. The van der Waals surface area contributed by atoms with Gasteiger partial charge in [-0.1, -0.05) is 24.6 Å². The van der Waals surface area contributed by atoms with Gasteiger partial charge in [-0.2, -0.15) is 0 Å². The second kappa shape index (κ2) is 6.50. The Kier molecular flexibility index (Phi) is 4.53. The summed E-state index contributed by atoms with van der Waals surface area (Å²) in [5.74, 6) is -1.74. The number of sulfonamides is 1. The summed E-state index contributed by atoms with van der Waals surface area (Å²) in [7, 11) is -3.71. The fourth-order valence-electron chi connectivity index (χ4n) is 2.60. The highest BCUT2D eigenvalue weighted by Crippen LogP contribution is 2.29. The summed E-state index contributed by atoms with van der Waals surface area (Å²) in [5.41, 5.74) is 0.964. The Morgan fingerprint density at radius 2 is 1.88 bits per heavy atom. The minimum atomic E-state index is -3.71. The van der Waals surface area contributed by atoms with Crippen molar-refractivity contribution in [3.63, 3.8) is 0 Å². The van der Waals surface area contributed by atoms with Crippen LogP contribution in [0.25, 0.3) is 0 Å². The molecule has 2 amide bonds. The van der Waals surface area contributed by atoms with Crippen LogP contribution in [-0.4, -0.2) is 26.0 Å². The average Bonchev–Trinajstić information content (AvgIpc) is 2.77. The van der Waals surface area contributed by atoms with E-state index in [0.29, 0.717) is 10.7 Å². The van der Waals surface area contributed by atoms with Gasteiger partial charge in [-0.25, -0.2) is 12.7 Å². The van der Waals surface area contributed by atoms with Crippen LogP contribution in [0.4, 0.5) is 11.4 Å². The van der Waals surface area contributed by atoms with Crippen molar-refractivity contribution in [2.45, 2.75) is 6.92 Å². The average molecular weight is 379 g/mol. The Balaban J connectivity index is 1.88. The summed E-state index contributed by atoms with van der Waals surface area (Å²) in [6, 6.07) is 12.6. The topological polar surface area (TPSA) is 83.6 Å². The van der Waals surface area contributed by atoms with Gasteiger partial charge in [0.1, 0.15) is 0 Å². The van der Waals surface area contributed by atoms with Gasteiger partial charge < -0.3 is 5.32 Å². The monoisotopic (exact) mass is 378 g/mol. The number of benzene rings is 2. The molecule has 1 fully saturated rings. The van der Waals surface area contributed by atoms with E-state index in [1.54, 1.807) is 37.3 Å². The van der Waals surface area contributed by atoms with Crippen molar-refractivity contribution in [1.29, 1.82) is 0 Å². The first-order chi connectivity index (χ1) is 11.8. The molecular formula is C17H15ClN2O4S. The molecule has 3 rings (SSSR count). The lowest BCUT2D eigenvalue weighted by Gasteiger charge is -2.16. The summed E-state index contributed by atoms with van der Waals surface area (Å²) in [5, 5.41) is 3.24. The lowest BCUT2D eigenvalue weighted by atomic mass is 10.1. The highest BCUT2D eigenvalue weighted by atomic mass is 35.5. The van der Waals surface area contributed by atoms with Crippen molar-refractivity contribution in [1.82, 2.24) is 0 Å². The highest BCUT2D eigenvalue weighted by Gasteiger charge is 2.42. The molecule has 1 saturated heterocycles. The number of carbonyl (C=O) groups excluding carboxylic acids is 2. The Morgan fingerprint density at radius 1 is 1.20 bits per heavy atom. The van der Waals surface area contributed by atoms with Crippen molar-refractivity contribution >= 4 is 44.8 Å². The second-order valence-electron chi connectivity index (χ2n) is 5.79. The Bertz CT molecular complexity index is 941. The number of halogens is 1. The van der Waals surface area contributed by atoms with E-state index in [1.165, 1.54) is 18.2 Å². The van der Waals surface area contributed by atoms with Gasteiger partial charge in [0.25, 0.3) is 5.91 Å². The Labute approximate surface area is 150 Å². The third-order valence-corrected chi connectivity index (χ3v) is 5.93. The van der Waals surface area contributed by atoms with E-state index in [2.05, 4.69) is 5.32 Å². The zero-order valence-corrected chi connectivity index (χ0v) is 14.8. The van der Waals surface area contributed by atoms with E-state index in [9.17, 15) is 18.0 Å². The normalized spacial score (nSPS) is 19.0. The fourth-order valence-corrected chi connectivity index (χ4v) is 4.54. The third kappa shape index (κ3) is 3.52. The fraction of sp³-hybridized carbons (Fsp3) is 0.176. The number of amides is 2. The zero-order chi connectivity index (χ0) is 18.2. The molecule has 6 nitrogen and oxygen atoms in total. The number of hydrogen-bond acceptors (Lipinski definition) is 4. The summed E-state index contributed by atoms with van der Waals surface area (Å²) >= 11 is 5.80. The van der Waals surface area contributed by atoms with Crippen molar-refractivity contribution in [2.24, 2.45) is 5.92 Å². The van der Waals surface area contributed by atoms with Crippen LogP contribution in [0.3, 0.4) is 0 Å². The van der Waals surface area contributed by atoms with Crippen LogP contribution in [0.15, 0.2) is 48.5 Å². The molecule has 0 radical (unpaired) electrons. The molecule has 2 aromatic carbocycles. The van der Waals surface area contributed by atoms with E-state index in [0.717, 1.165) is 4.31 Å². The zero-order valence-electron chi connectivity index (χ0n) is 13.3. The molecule has 0 aliphatic carbocycles. The summed E-state index contributed by atoms with van der Waals surface area (Å²) < 4.78 is 25.1. The Hall–Kier alpha value is -2.38. The molecule has 1 atom stereocenters. The van der Waals surface area contributed by atoms with E-state index in [-0.39, 0.29) is 17.0 Å². The number of hydrogen-bond donors (Lipinski definition) is 1. The van der Waals surface area contributed by atoms with Gasteiger partial charge in [-0.15, -0.1) is 0 Å². The van der Waals surface area contributed by atoms with Crippen molar-refractivity contribution < 1.29 is 18.0 Å². The summed E-state index contributed by atoms with van der Waals surface area (Å²) in [4.78, 5) is 24.5. The Morgan fingerprint density at radius 3 is 2.48 bits per heavy atom. The van der Waals surface area contributed by atoms with Crippen LogP contribution >= 0.6 is 11.6 Å². The second-order valence-corrected chi connectivity index (χ2v) is 8.09. The molecular weight excluding hydrogens is 364 g/mol. The highest BCUT2D eigenvalue weighted by molar-refractivity contribution is 7.94. The number of anilines is 2. The summed E-state index contributed by atoms with van der Waals surface area (Å²) in [6.07, 6.45) is 0. The minimum Gasteiger partial charge on any atom is -0.322 e. The maximum absolute atomic E-state index is 12.4. The molecule has 1 aliphatic rings. The molecule has 0 bridgehead atoms. The SMILES string of the molecule is CC1CS(=O)(=O)N(c2cccc(C(=O)Nc3ccc(Cl)cc3)c2)C1=O. The molecule has 0 spiro atoms. The first-order valence-electron chi connectivity index (χ1n) is 7.52. The van der Waals surface area contributed by atoms with Crippen LogP contribution < -0.4 is 9.62 Å². The van der Waals surface area contributed by atoms with Gasteiger partial charge in [-0.3, -0.25) is 9.59 Å². The van der Waals surface area contributed by atoms with Crippen LogP contribution in [0.5, 0.6) is 0 Å². The van der Waals surface area contributed by atoms with Gasteiger partial charge in [0.2, 0.25) is 15.9 Å². The smallest absolute Gasteiger partial charge is 0.255 e. The molecule has 0 saturated carbocycles. The minimum absolute atomic E-state index is 0.165. The molecule has 1 unspecified atom stereocenters. The van der Waals surface area contributed by atoms with Gasteiger partial charge >= 0.3 is 0 Å². The van der Waals surface area contributed by atoms with Gasteiger partial charge in [-0.05, 0) is 42.5 Å². The van der Waals surface area contributed by atoms with E-state index in [1.807, 2.05) is 0 Å². The molecule has 2 aromatic rings. The predicted octanol–water partition coefficient (Wildman–Crippen LogP) is 2.90. The van der Waals surface area contributed by atoms with Gasteiger partial charge in [0.15, 0.2) is 0 Å². The third-order valence-electron chi connectivity index (χ3n) is 3.81. The van der Waals surface area contributed by atoms with Crippen molar-refractivity contribution in [2.75, 3.05) is 15.4 Å². The van der Waals surface area contributed by atoms with Crippen LogP contribution in [0.2, 0.25) is 5.02 Å². The van der Waals surface area contributed by atoms with E-state index in [4.69, 9.17) is 11.6 Å². The largest absolute Gasteiger partial charge is 0.322 e. The van der Waals surface area contributed by atoms with E-state index < -0.39 is 27.8 Å². The molecule has 0 aromatic heterocycles. The molecule has 8 heteroatoms. The lowest BCUT2D eigenvalue weighted by molar-refractivity contribution is -0.119. The van der Waals surface area contributed by atoms with Gasteiger partial charge in [0, 0.05) is 16.3 Å². The maximum atomic E-state index is 12.4. The number of nitrogens with one attached hydrogen (secondary N) is 1. The molecule has 1 aliphatic heterocycles. The van der Waals surface area contributed by atoms with Crippen molar-refractivity contribution in [3.8, 4) is 0 Å². The maximum Gasteiger partial charge on any atom is 0.255 e. The van der Waals surface area contributed by atoms with Gasteiger partial charge in [0.05, 0.1) is 17.4 Å². The van der Waals surface area contributed by atoms with Crippen molar-refractivity contribution in [3.05, 3.63) is 59.1 Å². The van der Waals surface area contributed by atoms with Crippen LogP contribution in [0.1, 0.15) is 17.3 Å². The predicted molar refractivity (Wildman–Crippen MR) is 96.3 cm³/mol. The summed E-state index contributed by atoms with van der Waals surface area (Å²) in [6.45, 7) is 1.57. The molecule has 130 valence electrons. The lowest BCUT2D eigenvalue weighted by Crippen LogP contribution is -2.30. The molecule has 1 N–H and O–H groups in total. The molecule has 1 heterocycles. The number of rotatable bonds is 3. The number of carbonyl (C=O) groups is 2.